The number of likely N-dealkylation sites (tertiary alicyclic amines) is 1. The molecule has 4 rings (SSSR count). The second-order valence-corrected chi connectivity index (χ2v) is 9.62. The van der Waals surface area contributed by atoms with Crippen molar-refractivity contribution in [1.82, 2.24) is 9.80 Å². The molecular weight excluding hydrogens is 327 g/mol. The Morgan fingerprint density at radius 1 is 1.08 bits per heavy atom. The Morgan fingerprint density at radius 2 is 1.69 bits per heavy atom. The fourth-order valence-electron chi connectivity index (χ4n) is 5.72. The van der Waals surface area contributed by atoms with E-state index in [0.717, 1.165) is 25.9 Å². The van der Waals surface area contributed by atoms with E-state index < -0.39 is 5.60 Å². The molecule has 3 heterocycles. The minimum atomic E-state index is -1.01. The van der Waals surface area contributed by atoms with Crippen LogP contribution in [-0.2, 0) is 5.60 Å². The van der Waals surface area contributed by atoms with Gasteiger partial charge in [-0.15, -0.1) is 0 Å². The van der Waals surface area contributed by atoms with Crippen LogP contribution in [0, 0.1) is 11.2 Å². The molecule has 3 fully saturated rings. The summed E-state index contributed by atoms with van der Waals surface area (Å²) in [6.07, 6.45) is 6.23. The number of halogens is 1. The molecule has 1 N–H and O–H groups in total. The van der Waals surface area contributed by atoms with Crippen LogP contribution in [0.3, 0.4) is 0 Å². The van der Waals surface area contributed by atoms with Gasteiger partial charge in [0.2, 0.25) is 0 Å². The zero-order chi connectivity index (χ0) is 18.4. The first-order valence-corrected chi connectivity index (χ1v) is 10.3. The van der Waals surface area contributed by atoms with Crippen molar-refractivity contribution in [3.05, 3.63) is 35.6 Å². The molecule has 1 unspecified atom stereocenters. The van der Waals surface area contributed by atoms with E-state index in [9.17, 15) is 9.50 Å². The molecule has 4 heteroatoms. The molecule has 3 nitrogen and oxygen atoms in total. The molecule has 1 aromatic carbocycles. The largest absolute Gasteiger partial charge is 0.385 e. The minimum Gasteiger partial charge on any atom is -0.385 e. The van der Waals surface area contributed by atoms with Gasteiger partial charge in [-0.1, -0.05) is 32.0 Å². The third kappa shape index (κ3) is 3.56. The molecule has 0 aromatic heterocycles. The van der Waals surface area contributed by atoms with Gasteiger partial charge in [-0.05, 0) is 63.1 Å². The van der Waals surface area contributed by atoms with Crippen molar-refractivity contribution < 1.29 is 9.50 Å². The number of benzene rings is 1. The van der Waals surface area contributed by atoms with E-state index in [4.69, 9.17) is 0 Å². The van der Waals surface area contributed by atoms with Crippen LogP contribution in [0.15, 0.2) is 24.3 Å². The van der Waals surface area contributed by atoms with Crippen LogP contribution in [0.2, 0.25) is 0 Å². The lowest BCUT2D eigenvalue weighted by atomic mass is 9.79. The zero-order valence-electron chi connectivity index (χ0n) is 16.3. The predicted octanol–water partition coefficient (Wildman–Crippen LogP) is 3.76. The van der Waals surface area contributed by atoms with Gasteiger partial charge in [0, 0.05) is 30.7 Å². The van der Waals surface area contributed by atoms with Crippen LogP contribution in [0.1, 0.15) is 57.9 Å². The monoisotopic (exact) mass is 360 g/mol. The molecule has 0 aliphatic carbocycles. The number of piperidine rings is 1. The summed E-state index contributed by atoms with van der Waals surface area (Å²) in [7, 11) is 0. The third-order valence-electron chi connectivity index (χ3n) is 6.75. The molecule has 0 spiro atoms. The summed E-state index contributed by atoms with van der Waals surface area (Å²) in [5.41, 5.74) is -0.265. The van der Waals surface area contributed by atoms with Crippen LogP contribution in [0.25, 0.3) is 0 Å². The van der Waals surface area contributed by atoms with Gasteiger partial charge in [0.15, 0.2) is 0 Å². The Bertz CT molecular complexity index is 627. The van der Waals surface area contributed by atoms with Gasteiger partial charge in [0.1, 0.15) is 5.82 Å². The van der Waals surface area contributed by atoms with Crippen molar-refractivity contribution in [2.75, 3.05) is 26.2 Å². The van der Waals surface area contributed by atoms with Gasteiger partial charge in [0.05, 0.1) is 5.60 Å². The highest BCUT2D eigenvalue weighted by Gasteiger charge is 2.50. The van der Waals surface area contributed by atoms with Gasteiger partial charge >= 0.3 is 0 Å². The summed E-state index contributed by atoms with van der Waals surface area (Å²) >= 11 is 0. The number of hydrogen-bond acceptors (Lipinski definition) is 3. The lowest BCUT2D eigenvalue weighted by Gasteiger charge is -2.47. The van der Waals surface area contributed by atoms with E-state index in [0.29, 0.717) is 30.5 Å². The molecule has 0 radical (unpaired) electrons. The molecular formula is C22H33FN2O. The highest BCUT2D eigenvalue weighted by Crippen LogP contribution is 2.47. The normalized spacial score (nSPS) is 33.1. The Kier molecular flexibility index (Phi) is 4.87. The Morgan fingerprint density at radius 3 is 2.31 bits per heavy atom. The van der Waals surface area contributed by atoms with Crippen molar-refractivity contribution in [1.29, 1.82) is 0 Å². The van der Waals surface area contributed by atoms with Gasteiger partial charge in [-0.3, -0.25) is 4.90 Å². The van der Waals surface area contributed by atoms with Crippen molar-refractivity contribution in [3.63, 3.8) is 0 Å². The fourth-order valence-corrected chi connectivity index (χ4v) is 5.72. The summed E-state index contributed by atoms with van der Waals surface area (Å²) < 4.78 is 14.3. The summed E-state index contributed by atoms with van der Waals surface area (Å²) in [6.45, 7) is 9.46. The van der Waals surface area contributed by atoms with Crippen molar-refractivity contribution >= 4 is 0 Å². The number of fused-ring (bicyclic) bond motifs is 2. The lowest BCUT2D eigenvalue weighted by Crippen LogP contribution is -2.53. The molecule has 0 saturated carbocycles. The van der Waals surface area contributed by atoms with Crippen LogP contribution >= 0.6 is 0 Å². The van der Waals surface area contributed by atoms with Gasteiger partial charge < -0.3 is 10.0 Å². The second kappa shape index (κ2) is 6.88. The summed E-state index contributed by atoms with van der Waals surface area (Å²) in [6, 6.07) is 7.52. The lowest BCUT2D eigenvalue weighted by molar-refractivity contribution is -0.0685. The summed E-state index contributed by atoms with van der Waals surface area (Å²) in [5.74, 6) is -0.266. The number of nitrogens with zero attached hydrogens (tertiary/aromatic N) is 2. The average Bonchev–Trinajstić information content (AvgIpc) is 3.14. The van der Waals surface area contributed by atoms with Gasteiger partial charge in [-0.2, -0.15) is 0 Å². The Labute approximate surface area is 157 Å². The molecule has 26 heavy (non-hydrogen) atoms. The molecule has 3 atom stereocenters. The number of hydrogen-bond donors (Lipinski definition) is 1. The van der Waals surface area contributed by atoms with Gasteiger partial charge in [0.25, 0.3) is 0 Å². The van der Waals surface area contributed by atoms with Crippen molar-refractivity contribution in [3.8, 4) is 0 Å². The molecule has 2 bridgehead atoms. The van der Waals surface area contributed by atoms with Crippen molar-refractivity contribution in [2.45, 2.75) is 70.1 Å². The fraction of sp³-hybridized carbons (Fsp3) is 0.727. The van der Waals surface area contributed by atoms with Crippen LogP contribution in [-0.4, -0.2) is 53.2 Å². The number of aliphatic hydroxyl groups is 1. The van der Waals surface area contributed by atoms with Crippen LogP contribution in [0.5, 0.6) is 0 Å². The SMILES string of the molecule is CC(C)(CN1CCCC1)CN1[C@@H]2CC[C@H]1CC(O)(c1ccccc1F)C2. The molecule has 3 aliphatic rings. The third-order valence-corrected chi connectivity index (χ3v) is 6.75. The van der Waals surface area contributed by atoms with Gasteiger partial charge in [-0.25, -0.2) is 4.39 Å². The molecule has 144 valence electrons. The number of rotatable bonds is 5. The van der Waals surface area contributed by atoms with Crippen molar-refractivity contribution in [2.24, 2.45) is 5.41 Å². The highest BCUT2D eigenvalue weighted by atomic mass is 19.1. The van der Waals surface area contributed by atoms with Crippen LogP contribution < -0.4 is 0 Å². The average molecular weight is 361 g/mol. The Hall–Kier alpha value is -0.970. The molecule has 0 amide bonds. The van der Waals surface area contributed by atoms with E-state index in [1.165, 1.54) is 32.0 Å². The first-order valence-electron chi connectivity index (χ1n) is 10.3. The summed E-state index contributed by atoms with van der Waals surface area (Å²) in [4.78, 5) is 5.23. The van der Waals surface area contributed by atoms with E-state index in [-0.39, 0.29) is 11.2 Å². The maximum Gasteiger partial charge on any atom is 0.129 e. The zero-order valence-corrected chi connectivity index (χ0v) is 16.3. The first kappa shape index (κ1) is 18.4. The Balaban J connectivity index is 1.46. The molecule has 1 aromatic rings. The second-order valence-electron chi connectivity index (χ2n) is 9.62. The topological polar surface area (TPSA) is 26.7 Å². The highest BCUT2D eigenvalue weighted by molar-refractivity contribution is 5.26. The quantitative estimate of drug-likeness (QED) is 0.866. The van der Waals surface area contributed by atoms with E-state index >= 15 is 0 Å². The maximum absolute atomic E-state index is 14.3. The van der Waals surface area contributed by atoms with E-state index in [2.05, 4.69) is 23.6 Å². The minimum absolute atomic E-state index is 0.249. The van der Waals surface area contributed by atoms with E-state index in [1.807, 2.05) is 6.07 Å². The smallest absolute Gasteiger partial charge is 0.129 e. The first-order chi connectivity index (χ1) is 12.4. The standard InChI is InChI=1S/C22H33FN2O/c1-21(2,15-24-11-5-6-12-24)16-25-17-9-10-18(25)14-22(26,13-17)19-7-3-4-8-20(19)23/h3-4,7-8,17-18,26H,5-6,9-16H2,1-2H3/t17-,18+,22?. The van der Waals surface area contributed by atoms with E-state index in [1.54, 1.807) is 12.1 Å². The molecule has 3 aliphatic heterocycles. The van der Waals surface area contributed by atoms with Crippen LogP contribution in [0.4, 0.5) is 4.39 Å². The predicted molar refractivity (Wildman–Crippen MR) is 103 cm³/mol. The summed E-state index contributed by atoms with van der Waals surface area (Å²) in [5, 5.41) is 11.3. The maximum atomic E-state index is 14.3. The molecule has 3 saturated heterocycles.